The molecule has 0 bridgehead atoms. The van der Waals surface area contributed by atoms with Crippen molar-refractivity contribution in [2.45, 2.75) is 6.54 Å². The van der Waals surface area contributed by atoms with E-state index in [1.54, 1.807) is 6.07 Å². The molecule has 2 aromatic carbocycles. The largest absolute Gasteiger partial charge is 0.444 e. The molecule has 0 fully saturated rings. The number of fused-ring (bicyclic) bond motifs is 1. The molecule has 2 amide bonds. The lowest BCUT2D eigenvalue weighted by Gasteiger charge is -2.10. The first-order valence-electron chi connectivity index (χ1n) is 7.79. The minimum atomic E-state index is -0.766. The van der Waals surface area contributed by atoms with Crippen molar-refractivity contribution in [1.29, 1.82) is 0 Å². The summed E-state index contributed by atoms with van der Waals surface area (Å²) < 4.78 is 18.6. The molecular formula is C18H10FN3O5. The molecule has 1 aliphatic heterocycles. The van der Waals surface area contributed by atoms with Gasteiger partial charge in [0.2, 0.25) is 5.89 Å². The van der Waals surface area contributed by atoms with Gasteiger partial charge in [0.05, 0.1) is 22.7 Å². The number of aromatic nitrogens is 1. The van der Waals surface area contributed by atoms with Crippen molar-refractivity contribution in [1.82, 2.24) is 9.88 Å². The number of oxazole rings is 1. The number of nitrogens with zero attached hydrogens (tertiary/aromatic N) is 3. The van der Waals surface area contributed by atoms with E-state index >= 15 is 0 Å². The molecule has 3 aromatic rings. The second-order valence-corrected chi connectivity index (χ2v) is 5.81. The maximum atomic E-state index is 13.3. The summed E-state index contributed by atoms with van der Waals surface area (Å²) in [6, 6.07) is 9.50. The second-order valence-electron chi connectivity index (χ2n) is 5.81. The van der Waals surface area contributed by atoms with Crippen molar-refractivity contribution in [2.24, 2.45) is 0 Å². The summed E-state index contributed by atoms with van der Waals surface area (Å²) in [6.07, 6.45) is 1.25. The van der Waals surface area contributed by atoms with Gasteiger partial charge in [-0.15, -0.1) is 0 Å². The number of hydrogen-bond acceptors (Lipinski definition) is 6. The van der Waals surface area contributed by atoms with E-state index in [4.69, 9.17) is 4.42 Å². The van der Waals surface area contributed by atoms with Gasteiger partial charge >= 0.3 is 0 Å². The topological polar surface area (TPSA) is 107 Å². The molecule has 1 aromatic heterocycles. The highest BCUT2D eigenvalue weighted by atomic mass is 19.1. The summed E-state index contributed by atoms with van der Waals surface area (Å²) in [5, 5.41) is 11.1. The Balaban J connectivity index is 1.63. The van der Waals surface area contributed by atoms with Crippen LogP contribution in [-0.2, 0) is 6.54 Å². The molecule has 27 heavy (non-hydrogen) atoms. The molecule has 0 radical (unpaired) electrons. The Labute approximate surface area is 151 Å². The van der Waals surface area contributed by atoms with Crippen molar-refractivity contribution >= 4 is 17.5 Å². The third-order valence-corrected chi connectivity index (χ3v) is 4.12. The molecule has 0 unspecified atom stereocenters. The summed E-state index contributed by atoms with van der Waals surface area (Å²) in [5.41, 5.74) is -0.0241. The van der Waals surface area contributed by atoms with Crippen molar-refractivity contribution in [3.8, 4) is 11.5 Å². The van der Waals surface area contributed by atoms with E-state index in [0.717, 1.165) is 4.90 Å². The molecule has 0 spiro atoms. The van der Waals surface area contributed by atoms with E-state index in [0.29, 0.717) is 5.56 Å². The van der Waals surface area contributed by atoms with Gasteiger partial charge in [0.25, 0.3) is 17.5 Å². The first-order chi connectivity index (χ1) is 13.0. The fourth-order valence-electron chi connectivity index (χ4n) is 2.91. The Morgan fingerprint density at radius 1 is 1.15 bits per heavy atom. The first-order valence-corrected chi connectivity index (χ1v) is 7.79. The lowest BCUT2D eigenvalue weighted by molar-refractivity contribution is -0.385. The highest BCUT2D eigenvalue weighted by Gasteiger charge is 2.41. The lowest BCUT2D eigenvalue weighted by Crippen LogP contribution is -2.29. The molecule has 0 N–H and O–H groups in total. The van der Waals surface area contributed by atoms with Gasteiger partial charge in [-0.05, 0) is 24.3 Å². The molecule has 0 saturated carbocycles. The quantitative estimate of drug-likeness (QED) is 0.398. The number of nitro benzene ring substituents is 1. The minimum absolute atomic E-state index is 0.0250. The van der Waals surface area contributed by atoms with Gasteiger partial charge < -0.3 is 4.42 Å². The second kappa shape index (κ2) is 6.13. The predicted octanol–water partition coefficient (Wildman–Crippen LogP) is 3.19. The van der Waals surface area contributed by atoms with E-state index in [9.17, 15) is 24.1 Å². The molecule has 1 aliphatic rings. The zero-order chi connectivity index (χ0) is 19.1. The van der Waals surface area contributed by atoms with Gasteiger partial charge in [-0.3, -0.25) is 24.6 Å². The van der Waals surface area contributed by atoms with Crippen LogP contribution in [0, 0.1) is 15.9 Å². The Morgan fingerprint density at radius 2 is 1.93 bits per heavy atom. The van der Waals surface area contributed by atoms with E-state index in [2.05, 4.69) is 4.98 Å². The maximum Gasteiger partial charge on any atom is 0.282 e. The normalized spacial score (nSPS) is 13.1. The van der Waals surface area contributed by atoms with Gasteiger partial charge in [-0.1, -0.05) is 12.1 Å². The average Bonchev–Trinajstić information content (AvgIpc) is 3.21. The van der Waals surface area contributed by atoms with Crippen molar-refractivity contribution in [3.63, 3.8) is 0 Å². The van der Waals surface area contributed by atoms with Gasteiger partial charge in [0.15, 0.2) is 0 Å². The number of carbonyl (C=O) groups excluding carboxylic acids is 2. The molecule has 8 nitrogen and oxygen atoms in total. The highest BCUT2D eigenvalue weighted by molar-refractivity contribution is 6.23. The number of hydrogen-bond donors (Lipinski definition) is 0. The maximum absolute atomic E-state index is 13.3. The van der Waals surface area contributed by atoms with E-state index in [1.165, 1.54) is 42.7 Å². The zero-order valence-electron chi connectivity index (χ0n) is 13.6. The Bertz CT molecular complexity index is 1110. The number of carbonyl (C=O) groups is 2. The van der Waals surface area contributed by atoms with Crippen LogP contribution in [0.15, 0.2) is 53.1 Å². The van der Waals surface area contributed by atoms with Crippen molar-refractivity contribution < 1.29 is 23.3 Å². The number of benzene rings is 2. The fraction of sp³-hybridized carbons (Fsp3) is 0.0556. The van der Waals surface area contributed by atoms with E-state index in [1.807, 2.05) is 0 Å². The van der Waals surface area contributed by atoms with Crippen molar-refractivity contribution in [3.05, 3.63) is 81.5 Å². The molecule has 0 atom stereocenters. The Hall–Kier alpha value is -3.88. The van der Waals surface area contributed by atoms with Gasteiger partial charge in [0, 0.05) is 11.6 Å². The van der Waals surface area contributed by atoms with Crippen LogP contribution in [0.5, 0.6) is 0 Å². The van der Waals surface area contributed by atoms with Crippen LogP contribution in [-0.4, -0.2) is 26.6 Å². The number of nitro groups is 1. The summed E-state index contributed by atoms with van der Waals surface area (Å²) in [7, 11) is 0. The zero-order valence-corrected chi connectivity index (χ0v) is 13.6. The lowest BCUT2D eigenvalue weighted by atomic mass is 10.1. The molecule has 134 valence electrons. The summed E-state index contributed by atoms with van der Waals surface area (Å²) >= 11 is 0. The van der Waals surface area contributed by atoms with Gasteiger partial charge in [-0.2, -0.15) is 0 Å². The summed E-state index contributed by atoms with van der Waals surface area (Å²) in [6.45, 7) is -0.220. The molecular weight excluding hydrogens is 357 g/mol. The SMILES string of the molecule is O=C1c2cccc([N+](=O)[O-])c2C(=O)N1Cc1coc(-c2cccc(F)c2)n1. The van der Waals surface area contributed by atoms with Crippen LogP contribution in [0.25, 0.3) is 11.5 Å². The minimum Gasteiger partial charge on any atom is -0.444 e. The number of rotatable bonds is 4. The van der Waals surface area contributed by atoms with Crippen LogP contribution < -0.4 is 0 Å². The third-order valence-electron chi connectivity index (χ3n) is 4.12. The van der Waals surface area contributed by atoms with Crippen LogP contribution in [0.2, 0.25) is 0 Å². The van der Waals surface area contributed by atoms with Gasteiger partial charge in [-0.25, -0.2) is 9.37 Å². The molecule has 9 heteroatoms. The predicted molar refractivity (Wildman–Crippen MR) is 89.2 cm³/mol. The monoisotopic (exact) mass is 367 g/mol. The molecule has 2 heterocycles. The van der Waals surface area contributed by atoms with Crippen LogP contribution in [0.4, 0.5) is 10.1 Å². The Morgan fingerprint density at radius 3 is 2.67 bits per heavy atom. The third kappa shape index (κ3) is 2.74. The number of amides is 2. The standard InChI is InChI=1S/C18H10FN3O5/c19-11-4-1-3-10(7-11)16-20-12(9-27-16)8-21-17(23)13-5-2-6-14(22(25)26)15(13)18(21)24/h1-7,9H,8H2. The highest BCUT2D eigenvalue weighted by Crippen LogP contribution is 2.31. The Kier molecular flexibility index (Phi) is 3.76. The number of halogens is 1. The van der Waals surface area contributed by atoms with Crippen molar-refractivity contribution in [2.75, 3.05) is 0 Å². The fourth-order valence-corrected chi connectivity index (χ4v) is 2.91. The van der Waals surface area contributed by atoms with E-state index < -0.39 is 28.2 Å². The average molecular weight is 367 g/mol. The van der Waals surface area contributed by atoms with Crippen LogP contribution in [0.3, 0.4) is 0 Å². The molecule has 4 rings (SSSR count). The molecule has 0 aliphatic carbocycles. The van der Waals surface area contributed by atoms with Crippen LogP contribution in [0.1, 0.15) is 26.4 Å². The van der Waals surface area contributed by atoms with Gasteiger partial charge in [0.1, 0.15) is 17.6 Å². The first kappa shape index (κ1) is 16.6. The number of imide groups is 1. The molecule has 0 saturated heterocycles. The smallest absolute Gasteiger partial charge is 0.282 e. The summed E-state index contributed by atoms with van der Waals surface area (Å²) in [5.74, 6) is -1.74. The summed E-state index contributed by atoms with van der Waals surface area (Å²) in [4.78, 5) is 40.5. The van der Waals surface area contributed by atoms with Crippen LogP contribution >= 0.6 is 0 Å². The van der Waals surface area contributed by atoms with E-state index in [-0.39, 0.29) is 29.3 Å².